The number of aromatic nitrogens is 4. The average Bonchev–Trinajstić information content (AvgIpc) is 3.16. The lowest BCUT2D eigenvalue weighted by Gasteiger charge is -2.05. The van der Waals surface area contributed by atoms with Crippen LogP contribution in [-0.2, 0) is 4.79 Å². The van der Waals surface area contributed by atoms with Crippen LogP contribution in [0.25, 0.3) is 28.1 Å². The Labute approximate surface area is 124 Å². The number of carbonyl (C=O) groups excluding carboxylic acids is 1. The fourth-order valence-corrected chi connectivity index (χ4v) is 2.30. The molecular weight excluding hydrogens is 282 g/mol. The summed E-state index contributed by atoms with van der Waals surface area (Å²) in [7, 11) is 0. The molecular formula is C15H11N5O2. The van der Waals surface area contributed by atoms with Gasteiger partial charge in [-0.1, -0.05) is 12.1 Å². The fourth-order valence-electron chi connectivity index (χ4n) is 2.30. The Morgan fingerprint density at radius 3 is 2.82 bits per heavy atom. The first kappa shape index (κ1) is 12.5. The molecule has 4 rings (SSSR count). The van der Waals surface area contributed by atoms with Gasteiger partial charge in [0.2, 0.25) is 17.7 Å². The second kappa shape index (κ2) is 4.66. The Bertz CT molecular complexity index is 988. The number of amides is 1. The molecule has 1 aromatic carbocycles. The molecule has 0 saturated carbocycles. The molecule has 0 fully saturated rings. The van der Waals surface area contributed by atoms with Crippen molar-refractivity contribution >= 4 is 28.4 Å². The zero-order chi connectivity index (χ0) is 15.1. The summed E-state index contributed by atoms with van der Waals surface area (Å²) in [6, 6.07) is 11.1. The summed E-state index contributed by atoms with van der Waals surface area (Å²) < 4.78 is 6.85. The number of hydrogen-bond donors (Lipinski definition) is 1. The number of anilines is 1. The standard InChI is InChI=1S/C15H11N5O2/c1-9(21)16-15-17-11-6-3-2-5-10(11)14-18-13(19-20(14)15)12-7-4-8-22-12/h2-8H,1H3,(H,16,17,21). The maximum absolute atomic E-state index is 11.4. The van der Waals surface area contributed by atoms with E-state index in [-0.39, 0.29) is 5.91 Å². The Morgan fingerprint density at radius 2 is 2.05 bits per heavy atom. The molecule has 1 N–H and O–H groups in total. The Kier molecular flexibility index (Phi) is 2.65. The Hall–Kier alpha value is -3.22. The molecule has 4 aromatic rings. The topological polar surface area (TPSA) is 85.3 Å². The van der Waals surface area contributed by atoms with E-state index < -0.39 is 0 Å². The van der Waals surface area contributed by atoms with Crippen LogP contribution in [0, 0.1) is 0 Å². The van der Waals surface area contributed by atoms with Gasteiger partial charge in [0.15, 0.2) is 11.4 Å². The predicted molar refractivity (Wildman–Crippen MR) is 80.3 cm³/mol. The summed E-state index contributed by atoms with van der Waals surface area (Å²) >= 11 is 0. The molecule has 7 heteroatoms. The first-order chi connectivity index (χ1) is 10.7. The van der Waals surface area contributed by atoms with Crippen molar-refractivity contribution in [1.82, 2.24) is 19.6 Å². The van der Waals surface area contributed by atoms with E-state index in [9.17, 15) is 4.79 Å². The molecule has 0 aliphatic heterocycles. The van der Waals surface area contributed by atoms with Crippen molar-refractivity contribution < 1.29 is 9.21 Å². The summed E-state index contributed by atoms with van der Waals surface area (Å²) in [5.41, 5.74) is 1.35. The van der Waals surface area contributed by atoms with Crippen LogP contribution in [-0.4, -0.2) is 25.5 Å². The highest BCUT2D eigenvalue weighted by molar-refractivity contribution is 5.95. The number of benzene rings is 1. The molecule has 0 aliphatic carbocycles. The smallest absolute Gasteiger partial charge is 0.233 e. The summed E-state index contributed by atoms with van der Waals surface area (Å²) in [4.78, 5) is 20.4. The van der Waals surface area contributed by atoms with Crippen molar-refractivity contribution in [3.8, 4) is 11.6 Å². The summed E-state index contributed by atoms with van der Waals surface area (Å²) in [5, 5.41) is 7.92. The Balaban J connectivity index is 2.06. The number of nitrogens with one attached hydrogen (secondary N) is 1. The van der Waals surface area contributed by atoms with Gasteiger partial charge in [-0.2, -0.15) is 4.52 Å². The van der Waals surface area contributed by atoms with E-state index in [0.29, 0.717) is 23.2 Å². The van der Waals surface area contributed by atoms with Crippen LogP contribution >= 0.6 is 0 Å². The number of furan rings is 1. The quantitative estimate of drug-likeness (QED) is 0.613. The van der Waals surface area contributed by atoms with Crippen molar-refractivity contribution in [3.63, 3.8) is 0 Å². The Morgan fingerprint density at radius 1 is 1.18 bits per heavy atom. The second-order valence-electron chi connectivity index (χ2n) is 4.78. The first-order valence-corrected chi connectivity index (χ1v) is 6.69. The van der Waals surface area contributed by atoms with Gasteiger partial charge in [-0.05, 0) is 24.3 Å². The highest BCUT2D eigenvalue weighted by Crippen LogP contribution is 2.24. The van der Waals surface area contributed by atoms with Gasteiger partial charge in [0.05, 0.1) is 11.8 Å². The zero-order valence-electron chi connectivity index (χ0n) is 11.6. The fraction of sp³-hybridized carbons (Fsp3) is 0.0667. The van der Waals surface area contributed by atoms with Gasteiger partial charge < -0.3 is 4.42 Å². The van der Waals surface area contributed by atoms with Crippen LogP contribution < -0.4 is 5.32 Å². The third kappa shape index (κ3) is 1.91. The first-order valence-electron chi connectivity index (χ1n) is 6.69. The van der Waals surface area contributed by atoms with Gasteiger partial charge >= 0.3 is 0 Å². The van der Waals surface area contributed by atoms with E-state index in [1.54, 1.807) is 18.4 Å². The number of hydrogen-bond acceptors (Lipinski definition) is 5. The number of para-hydroxylation sites is 1. The van der Waals surface area contributed by atoms with E-state index >= 15 is 0 Å². The van der Waals surface area contributed by atoms with Crippen molar-refractivity contribution in [3.05, 3.63) is 42.7 Å². The maximum atomic E-state index is 11.4. The van der Waals surface area contributed by atoms with Gasteiger partial charge in [0.25, 0.3) is 0 Å². The minimum atomic E-state index is -0.223. The molecule has 0 atom stereocenters. The van der Waals surface area contributed by atoms with Crippen molar-refractivity contribution in [2.75, 3.05) is 5.32 Å². The number of rotatable bonds is 2. The van der Waals surface area contributed by atoms with E-state index in [2.05, 4.69) is 20.4 Å². The molecule has 0 radical (unpaired) electrons. The molecule has 0 bridgehead atoms. The third-order valence-electron chi connectivity index (χ3n) is 3.21. The molecule has 1 amide bonds. The third-order valence-corrected chi connectivity index (χ3v) is 3.21. The lowest BCUT2D eigenvalue weighted by molar-refractivity contribution is -0.114. The zero-order valence-corrected chi connectivity index (χ0v) is 11.6. The molecule has 3 aromatic heterocycles. The van der Waals surface area contributed by atoms with E-state index in [0.717, 1.165) is 10.9 Å². The van der Waals surface area contributed by atoms with Gasteiger partial charge in [0.1, 0.15) is 0 Å². The molecule has 3 heterocycles. The van der Waals surface area contributed by atoms with Crippen molar-refractivity contribution in [2.24, 2.45) is 0 Å². The van der Waals surface area contributed by atoms with Gasteiger partial charge in [-0.25, -0.2) is 9.97 Å². The van der Waals surface area contributed by atoms with Gasteiger partial charge in [-0.3, -0.25) is 10.1 Å². The SMILES string of the molecule is CC(=O)Nc1nc2ccccc2c2nc(-c3ccco3)nn12. The van der Waals surface area contributed by atoms with Crippen LogP contribution in [0.5, 0.6) is 0 Å². The van der Waals surface area contributed by atoms with Gasteiger partial charge in [-0.15, -0.1) is 5.10 Å². The minimum Gasteiger partial charge on any atom is -0.461 e. The number of nitrogens with zero attached hydrogens (tertiary/aromatic N) is 4. The summed E-state index contributed by atoms with van der Waals surface area (Å²) in [6.07, 6.45) is 1.56. The molecule has 0 saturated heterocycles. The van der Waals surface area contributed by atoms with Crippen LogP contribution in [0.1, 0.15) is 6.92 Å². The molecule has 0 spiro atoms. The monoisotopic (exact) mass is 293 g/mol. The molecule has 0 unspecified atom stereocenters. The van der Waals surface area contributed by atoms with Crippen LogP contribution in [0.2, 0.25) is 0 Å². The molecule has 22 heavy (non-hydrogen) atoms. The summed E-state index contributed by atoms with van der Waals surface area (Å²) in [5.74, 6) is 1.10. The average molecular weight is 293 g/mol. The van der Waals surface area contributed by atoms with Crippen molar-refractivity contribution in [2.45, 2.75) is 6.92 Å². The highest BCUT2D eigenvalue weighted by Gasteiger charge is 2.16. The van der Waals surface area contributed by atoms with Crippen LogP contribution in [0.3, 0.4) is 0 Å². The van der Waals surface area contributed by atoms with Gasteiger partial charge in [0, 0.05) is 12.3 Å². The van der Waals surface area contributed by atoms with Crippen molar-refractivity contribution in [1.29, 1.82) is 0 Å². The minimum absolute atomic E-state index is 0.223. The van der Waals surface area contributed by atoms with E-state index in [4.69, 9.17) is 4.42 Å². The lowest BCUT2D eigenvalue weighted by Crippen LogP contribution is -2.12. The lowest BCUT2D eigenvalue weighted by atomic mass is 10.2. The predicted octanol–water partition coefficient (Wildman–Crippen LogP) is 2.50. The van der Waals surface area contributed by atoms with E-state index in [1.165, 1.54) is 11.4 Å². The maximum Gasteiger partial charge on any atom is 0.233 e. The largest absolute Gasteiger partial charge is 0.461 e. The molecule has 108 valence electrons. The number of carbonyl (C=O) groups is 1. The molecule has 0 aliphatic rings. The molecule has 7 nitrogen and oxygen atoms in total. The van der Waals surface area contributed by atoms with Crippen LogP contribution in [0.15, 0.2) is 47.1 Å². The normalized spacial score (nSPS) is 11.1. The highest BCUT2D eigenvalue weighted by atomic mass is 16.3. The van der Waals surface area contributed by atoms with E-state index in [1.807, 2.05) is 24.3 Å². The summed E-state index contributed by atoms with van der Waals surface area (Å²) in [6.45, 7) is 1.42. The van der Waals surface area contributed by atoms with Crippen LogP contribution in [0.4, 0.5) is 5.95 Å². The number of fused-ring (bicyclic) bond motifs is 3. The second-order valence-corrected chi connectivity index (χ2v) is 4.78.